The third-order valence-electron chi connectivity index (χ3n) is 4.88. The van der Waals surface area contributed by atoms with E-state index in [-0.39, 0.29) is 17.3 Å². The lowest BCUT2D eigenvalue weighted by Gasteiger charge is -2.16. The van der Waals surface area contributed by atoms with Gasteiger partial charge in [0.1, 0.15) is 5.82 Å². The number of hydrogen-bond donors (Lipinski definition) is 2. The number of fused-ring (bicyclic) bond motifs is 1. The minimum absolute atomic E-state index is 0.147. The molecule has 2 aromatic rings. The summed E-state index contributed by atoms with van der Waals surface area (Å²) in [6.45, 7) is 6.25. The maximum Gasteiger partial charge on any atom is 0.166 e. The van der Waals surface area contributed by atoms with Crippen molar-refractivity contribution in [3.05, 3.63) is 63.4 Å². The van der Waals surface area contributed by atoms with Crippen molar-refractivity contribution in [2.24, 2.45) is 5.92 Å². The maximum atomic E-state index is 14.4. The van der Waals surface area contributed by atoms with Gasteiger partial charge in [0.15, 0.2) is 5.78 Å². The summed E-state index contributed by atoms with van der Waals surface area (Å²) in [5, 5.41) is 7.46. The Hall–Kier alpha value is -1.91. The lowest BCUT2D eigenvalue weighted by Crippen LogP contribution is -2.16. The van der Waals surface area contributed by atoms with Crippen molar-refractivity contribution in [2.45, 2.75) is 39.7 Å². The molecule has 3 rings (SSSR count). The molecule has 0 saturated heterocycles. The van der Waals surface area contributed by atoms with Crippen LogP contribution in [0.2, 0.25) is 5.02 Å². The first-order chi connectivity index (χ1) is 13.0. The third-order valence-corrected chi connectivity index (χ3v) is 5.19. The van der Waals surface area contributed by atoms with Gasteiger partial charge in [-0.15, -0.1) is 0 Å². The monoisotopic (exact) mass is 388 g/mol. The van der Waals surface area contributed by atoms with Gasteiger partial charge in [0.25, 0.3) is 0 Å². The summed E-state index contributed by atoms with van der Waals surface area (Å²) < 4.78 is 14.4. The highest BCUT2D eigenvalue weighted by molar-refractivity contribution is 6.33. The Morgan fingerprint density at radius 2 is 2.00 bits per heavy atom. The molecule has 0 saturated carbocycles. The lowest BCUT2D eigenvalue weighted by atomic mass is 9.99. The van der Waals surface area contributed by atoms with Crippen molar-refractivity contribution in [3.63, 3.8) is 0 Å². The van der Waals surface area contributed by atoms with Crippen molar-refractivity contribution in [3.8, 4) is 0 Å². The van der Waals surface area contributed by atoms with Crippen LogP contribution < -0.4 is 10.6 Å². The molecule has 27 heavy (non-hydrogen) atoms. The number of Topliss-reactive ketones (excluding diaryl/α,β-unsaturated/α-hetero) is 1. The Morgan fingerprint density at radius 1 is 1.22 bits per heavy atom. The average molecular weight is 389 g/mol. The Morgan fingerprint density at radius 3 is 2.74 bits per heavy atom. The highest BCUT2D eigenvalue weighted by atomic mass is 35.5. The van der Waals surface area contributed by atoms with Crippen LogP contribution in [0.1, 0.15) is 47.3 Å². The van der Waals surface area contributed by atoms with Gasteiger partial charge in [0.05, 0.1) is 16.3 Å². The van der Waals surface area contributed by atoms with Crippen LogP contribution in [0.5, 0.6) is 0 Å². The van der Waals surface area contributed by atoms with Gasteiger partial charge < -0.3 is 10.6 Å². The minimum Gasteiger partial charge on any atom is -0.380 e. The van der Waals surface area contributed by atoms with Crippen LogP contribution in [0.4, 0.5) is 10.1 Å². The number of anilines is 1. The van der Waals surface area contributed by atoms with Gasteiger partial charge >= 0.3 is 0 Å². The predicted molar refractivity (Wildman–Crippen MR) is 109 cm³/mol. The van der Waals surface area contributed by atoms with Gasteiger partial charge in [0, 0.05) is 13.0 Å². The molecule has 3 nitrogen and oxygen atoms in total. The van der Waals surface area contributed by atoms with E-state index in [0.717, 1.165) is 37.2 Å². The molecule has 0 spiro atoms. The smallest absolute Gasteiger partial charge is 0.166 e. The molecule has 0 unspecified atom stereocenters. The Balaban J connectivity index is 1.76. The first-order valence-corrected chi connectivity index (χ1v) is 9.90. The summed E-state index contributed by atoms with van der Waals surface area (Å²) in [4.78, 5) is 12.1. The van der Waals surface area contributed by atoms with Crippen LogP contribution in [0.15, 0.2) is 30.3 Å². The molecule has 0 amide bonds. The molecular formula is C22H26ClFN2O. The lowest BCUT2D eigenvalue weighted by molar-refractivity contribution is 0.0964. The summed E-state index contributed by atoms with van der Waals surface area (Å²) in [6.07, 6.45) is 2.24. The summed E-state index contributed by atoms with van der Waals surface area (Å²) in [7, 11) is 0. The van der Waals surface area contributed by atoms with Crippen LogP contribution in [0.3, 0.4) is 0 Å². The SMILES string of the molecule is CC(C)CC(=O)c1ccc(CNc2c(Cl)ccc3c2CCNCC3)cc1F. The van der Waals surface area contributed by atoms with E-state index in [1.165, 1.54) is 17.2 Å². The molecule has 1 aliphatic rings. The highest BCUT2D eigenvalue weighted by Crippen LogP contribution is 2.31. The summed E-state index contributed by atoms with van der Waals surface area (Å²) in [5.74, 6) is -0.392. The summed E-state index contributed by atoms with van der Waals surface area (Å²) in [6, 6.07) is 8.85. The second kappa shape index (κ2) is 8.85. The molecule has 5 heteroatoms. The van der Waals surface area contributed by atoms with Crippen LogP contribution in [-0.4, -0.2) is 18.9 Å². The first kappa shape index (κ1) is 19.8. The topological polar surface area (TPSA) is 41.1 Å². The van der Waals surface area contributed by atoms with E-state index in [9.17, 15) is 9.18 Å². The van der Waals surface area contributed by atoms with E-state index in [1.807, 2.05) is 19.9 Å². The second-order valence-corrected chi connectivity index (χ2v) is 7.91. The van der Waals surface area contributed by atoms with Gasteiger partial charge in [-0.1, -0.05) is 37.6 Å². The average Bonchev–Trinajstić information content (AvgIpc) is 2.86. The number of rotatable bonds is 6. The molecule has 1 heterocycles. The first-order valence-electron chi connectivity index (χ1n) is 9.52. The summed E-state index contributed by atoms with van der Waals surface area (Å²) in [5.41, 5.74) is 4.42. The molecule has 2 aromatic carbocycles. The van der Waals surface area contributed by atoms with Gasteiger partial charge in [-0.05, 0) is 66.7 Å². The van der Waals surface area contributed by atoms with Crippen molar-refractivity contribution in [2.75, 3.05) is 18.4 Å². The molecule has 0 atom stereocenters. The Bertz CT molecular complexity index is 835. The number of carbonyl (C=O) groups excluding carboxylic acids is 1. The number of ketones is 1. The minimum atomic E-state index is -0.456. The van der Waals surface area contributed by atoms with Gasteiger partial charge in [-0.3, -0.25) is 4.79 Å². The van der Waals surface area contributed by atoms with E-state index in [2.05, 4.69) is 16.7 Å². The fraction of sp³-hybridized carbons (Fsp3) is 0.409. The van der Waals surface area contributed by atoms with Crippen LogP contribution in [0, 0.1) is 11.7 Å². The van der Waals surface area contributed by atoms with Crippen molar-refractivity contribution in [1.82, 2.24) is 5.32 Å². The second-order valence-electron chi connectivity index (χ2n) is 7.50. The van der Waals surface area contributed by atoms with E-state index in [0.29, 0.717) is 18.0 Å². The zero-order chi connectivity index (χ0) is 19.4. The number of carbonyl (C=O) groups is 1. The van der Waals surface area contributed by atoms with Gasteiger partial charge in [0.2, 0.25) is 0 Å². The quantitative estimate of drug-likeness (QED) is 0.683. The molecule has 144 valence electrons. The molecule has 0 radical (unpaired) electrons. The van der Waals surface area contributed by atoms with Gasteiger partial charge in [-0.25, -0.2) is 4.39 Å². The number of benzene rings is 2. The standard InChI is InChI=1S/C22H26ClFN2O/c1-14(2)11-21(27)18-5-3-15(12-20(18)24)13-26-22-17-8-10-25-9-7-16(17)4-6-19(22)23/h3-6,12,14,25-26H,7-11,13H2,1-2H3. The van der Waals surface area contributed by atoms with Crippen LogP contribution in [0.25, 0.3) is 0 Å². The third kappa shape index (κ3) is 4.88. The fourth-order valence-corrected chi connectivity index (χ4v) is 3.74. The molecule has 0 aromatic heterocycles. The van der Waals surface area contributed by atoms with Crippen molar-refractivity contribution >= 4 is 23.1 Å². The summed E-state index contributed by atoms with van der Waals surface area (Å²) >= 11 is 6.43. The van der Waals surface area contributed by atoms with E-state index >= 15 is 0 Å². The van der Waals surface area contributed by atoms with Gasteiger partial charge in [-0.2, -0.15) is 0 Å². The van der Waals surface area contributed by atoms with E-state index < -0.39 is 5.82 Å². The van der Waals surface area contributed by atoms with Crippen molar-refractivity contribution < 1.29 is 9.18 Å². The molecule has 0 bridgehead atoms. The van der Waals surface area contributed by atoms with Crippen molar-refractivity contribution in [1.29, 1.82) is 0 Å². The Labute approximate surface area is 165 Å². The largest absolute Gasteiger partial charge is 0.380 e. The Kier molecular flexibility index (Phi) is 6.51. The molecule has 1 aliphatic heterocycles. The highest BCUT2D eigenvalue weighted by Gasteiger charge is 2.16. The number of hydrogen-bond acceptors (Lipinski definition) is 3. The van der Waals surface area contributed by atoms with Crippen LogP contribution >= 0.6 is 11.6 Å². The predicted octanol–water partition coefficient (Wildman–Crippen LogP) is 5.01. The molecule has 2 N–H and O–H groups in total. The molecular weight excluding hydrogens is 363 g/mol. The number of halogens is 2. The van der Waals surface area contributed by atoms with E-state index in [4.69, 9.17) is 11.6 Å². The van der Waals surface area contributed by atoms with E-state index in [1.54, 1.807) is 12.1 Å². The fourth-order valence-electron chi connectivity index (χ4n) is 3.50. The zero-order valence-electron chi connectivity index (χ0n) is 15.9. The molecule has 0 aliphatic carbocycles. The zero-order valence-corrected chi connectivity index (χ0v) is 16.6. The maximum absolute atomic E-state index is 14.4. The molecule has 0 fully saturated rings. The van der Waals surface area contributed by atoms with Crippen LogP contribution in [-0.2, 0) is 19.4 Å². The normalized spacial score (nSPS) is 14.0. The number of nitrogens with one attached hydrogen (secondary N) is 2.